The average Bonchev–Trinajstić information content (AvgIpc) is 2.77. The first-order valence-corrected chi connectivity index (χ1v) is 5.88. The Morgan fingerprint density at radius 3 is 2.72 bits per heavy atom. The van der Waals surface area contributed by atoms with E-state index in [2.05, 4.69) is 5.32 Å². The van der Waals surface area contributed by atoms with Crippen LogP contribution in [0.15, 0.2) is 22.8 Å². The highest BCUT2D eigenvalue weighted by molar-refractivity contribution is 4.97. The van der Waals surface area contributed by atoms with Gasteiger partial charge in [-0.25, -0.2) is 0 Å². The summed E-state index contributed by atoms with van der Waals surface area (Å²) in [6.45, 7) is 3.12. The van der Waals surface area contributed by atoms with Crippen molar-refractivity contribution in [3.8, 4) is 0 Å². The van der Waals surface area contributed by atoms with Crippen molar-refractivity contribution < 1.29 is 17.6 Å². The highest BCUT2D eigenvalue weighted by atomic mass is 19.4. The van der Waals surface area contributed by atoms with Crippen molar-refractivity contribution >= 4 is 0 Å². The Labute approximate surface area is 105 Å². The molecule has 1 atom stereocenters. The second kappa shape index (κ2) is 6.80. The highest BCUT2D eigenvalue weighted by Gasteiger charge is 2.27. The van der Waals surface area contributed by atoms with Gasteiger partial charge >= 0.3 is 6.18 Å². The molecule has 0 aliphatic rings. The van der Waals surface area contributed by atoms with Gasteiger partial charge in [0.2, 0.25) is 0 Å². The number of nitrogens with zero attached hydrogens (tertiary/aromatic N) is 1. The van der Waals surface area contributed by atoms with E-state index in [1.54, 1.807) is 24.3 Å². The van der Waals surface area contributed by atoms with Gasteiger partial charge in [0.15, 0.2) is 0 Å². The Hall–Kier alpha value is -1.01. The predicted octanol–water partition coefficient (Wildman–Crippen LogP) is 2.64. The molecule has 1 aromatic rings. The highest BCUT2D eigenvalue weighted by Crippen LogP contribution is 2.19. The molecular formula is C12H19F3N2O. The SMILES string of the molecule is CC(CNCc1ccco1)N(C)CCC(F)(F)F. The molecule has 1 rings (SSSR count). The van der Waals surface area contributed by atoms with Gasteiger partial charge in [-0.3, -0.25) is 0 Å². The quantitative estimate of drug-likeness (QED) is 0.820. The minimum absolute atomic E-state index is 0.0209. The maximum atomic E-state index is 12.1. The molecule has 0 saturated heterocycles. The van der Waals surface area contributed by atoms with Gasteiger partial charge in [0, 0.05) is 19.1 Å². The van der Waals surface area contributed by atoms with Crippen LogP contribution in [0.4, 0.5) is 13.2 Å². The zero-order chi connectivity index (χ0) is 13.6. The minimum Gasteiger partial charge on any atom is -0.468 e. The lowest BCUT2D eigenvalue weighted by atomic mass is 10.2. The molecule has 18 heavy (non-hydrogen) atoms. The summed E-state index contributed by atoms with van der Waals surface area (Å²) in [4.78, 5) is 1.70. The second-order valence-corrected chi connectivity index (χ2v) is 4.41. The normalized spacial score (nSPS) is 14.1. The van der Waals surface area contributed by atoms with E-state index in [-0.39, 0.29) is 12.6 Å². The summed E-state index contributed by atoms with van der Waals surface area (Å²) in [6, 6.07) is 3.70. The van der Waals surface area contributed by atoms with Crippen molar-refractivity contribution in [2.24, 2.45) is 0 Å². The van der Waals surface area contributed by atoms with Crippen LogP contribution in [0, 0.1) is 0 Å². The number of hydrogen-bond donors (Lipinski definition) is 1. The molecule has 0 aliphatic heterocycles. The molecule has 3 nitrogen and oxygen atoms in total. The van der Waals surface area contributed by atoms with Crippen LogP contribution >= 0.6 is 0 Å². The third-order valence-electron chi connectivity index (χ3n) is 2.82. The molecule has 1 unspecified atom stereocenters. The molecule has 0 fully saturated rings. The maximum absolute atomic E-state index is 12.1. The summed E-state index contributed by atoms with van der Waals surface area (Å²) in [5, 5.41) is 3.15. The van der Waals surface area contributed by atoms with Crippen molar-refractivity contribution in [1.29, 1.82) is 0 Å². The minimum atomic E-state index is -4.09. The summed E-state index contributed by atoms with van der Waals surface area (Å²) < 4.78 is 41.3. The van der Waals surface area contributed by atoms with Crippen molar-refractivity contribution in [3.05, 3.63) is 24.2 Å². The fraction of sp³-hybridized carbons (Fsp3) is 0.667. The zero-order valence-electron chi connectivity index (χ0n) is 10.6. The summed E-state index contributed by atoms with van der Waals surface area (Å²) in [6.07, 6.45) is -3.27. The third kappa shape index (κ3) is 6.07. The summed E-state index contributed by atoms with van der Waals surface area (Å²) >= 11 is 0. The van der Waals surface area contributed by atoms with E-state index >= 15 is 0 Å². The Bertz CT molecular complexity index is 325. The van der Waals surface area contributed by atoms with Crippen LogP contribution in [0.1, 0.15) is 19.1 Å². The zero-order valence-corrected chi connectivity index (χ0v) is 10.6. The third-order valence-corrected chi connectivity index (χ3v) is 2.82. The number of hydrogen-bond acceptors (Lipinski definition) is 3. The van der Waals surface area contributed by atoms with Crippen LogP contribution < -0.4 is 5.32 Å². The Morgan fingerprint density at radius 2 is 2.17 bits per heavy atom. The molecule has 0 amide bonds. The molecule has 1 N–H and O–H groups in total. The van der Waals surface area contributed by atoms with Crippen molar-refractivity contribution in [2.45, 2.75) is 32.1 Å². The molecule has 1 aromatic heterocycles. The maximum Gasteiger partial charge on any atom is 0.390 e. The number of alkyl halides is 3. The molecular weight excluding hydrogens is 245 g/mol. The largest absolute Gasteiger partial charge is 0.468 e. The van der Waals surface area contributed by atoms with Crippen LogP contribution in [0.2, 0.25) is 0 Å². The van der Waals surface area contributed by atoms with Gasteiger partial charge in [-0.1, -0.05) is 0 Å². The van der Waals surface area contributed by atoms with E-state index < -0.39 is 12.6 Å². The monoisotopic (exact) mass is 264 g/mol. The first-order chi connectivity index (χ1) is 8.38. The molecule has 0 saturated carbocycles. The Kier molecular flexibility index (Phi) is 5.68. The van der Waals surface area contributed by atoms with Gasteiger partial charge < -0.3 is 14.6 Å². The lowest BCUT2D eigenvalue weighted by molar-refractivity contribution is -0.138. The summed E-state index contributed by atoms with van der Waals surface area (Å²) in [5.74, 6) is 0.820. The second-order valence-electron chi connectivity index (χ2n) is 4.41. The van der Waals surface area contributed by atoms with E-state index in [1.165, 1.54) is 0 Å². The van der Waals surface area contributed by atoms with Crippen molar-refractivity contribution in [3.63, 3.8) is 0 Å². The number of furan rings is 1. The Morgan fingerprint density at radius 1 is 1.44 bits per heavy atom. The van der Waals surface area contributed by atoms with Crippen molar-refractivity contribution in [1.82, 2.24) is 10.2 Å². The Balaban J connectivity index is 2.17. The van der Waals surface area contributed by atoms with Gasteiger partial charge in [-0.05, 0) is 26.1 Å². The summed E-state index contributed by atoms with van der Waals surface area (Å²) in [7, 11) is 1.70. The predicted molar refractivity (Wildman–Crippen MR) is 63.2 cm³/mol. The summed E-state index contributed by atoms with van der Waals surface area (Å²) in [5.41, 5.74) is 0. The van der Waals surface area contributed by atoms with E-state index in [0.29, 0.717) is 13.1 Å². The lowest BCUT2D eigenvalue weighted by Crippen LogP contribution is -2.39. The van der Waals surface area contributed by atoms with Gasteiger partial charge in [-0.2, -0.15) is 13.2 Å². The van der Waals surface area contributed by atoms with E-state index in [4.69, 9.17) is 4.42 Å². The van der Waals surface area contributed by atoms with Crippen LogP contribution in [-0.4, -0.2) is 37.3 Å². The molecule has 0 aromatic carbocycles. The van der Waals surface area contributed by atoms with Gasteiger partial charge in [0.1, 0.15) is 5.76 Å². The van der Waals surface area contributed by atoms with Gasteiger partial charge in [0.25, 0.3) is 0 Å². The molecule has 0 spiro atoms. The van der Waals surface area contributed by atoms with Crippen LogP contribution in [0.25, 0.3) is 0 Å². The number of rotatable bonds is 7. The average molecular weight is 264 g/mol. The molecule has 0 bridgehead atoms. The van der Waals surface area contributed by atoms with Crippen LogP contribution in [0.3, 0.4) is 0 Å². The number of likely N-dealkylation sites (N-methyl/N-ethyl adjacent to an activating group) is 1. The fourth-order valence-corrected chi connectivity index (χ4v) is 1.50. The van der Waals surface area contributed by atoms with Gasteiger partial charge in [-0.15, -0.1) is 0 Å². The molecule has 1 heterocycles. The number of nitrogens with one attached hydrogen (secondary N) is 1. The van der Waals surface area contributed by atoms with Gasteiger partial charge in [0.05, 0.1) is 19.2 Å². The first-order valence-electron chi connectivity index (χ1n) is 5.88. The topological polar surface area (TPSA) is 28.4 Å². The molecule has 0 aliphatic carbocycles. The lowest BCUT2D eigenvalue weighted by Gasteiger charge is -2.25. The van der Waals surface area contributed by atoms with E-state index in [1.807, 2.05) is 13.0 Å². The number of halogens is 3. The van der Waals surface area contributed by atoms with Crippen LogP contribution in [-0.2, 0) is 6.54 Å². The van der Waals surface area contributed by atoms with E-state index in [0.717, 1.165) is 5.76 Å². The standard InChI is InChI=1S/C12H19F3N2O/c1-10(17(2)6-5-12(13,14)15)8-16-9-11-4-3-7-18-11/h3-4,7,10,16H,5-6,8-9H2,1-2H3. The molecule has 104 valence electrons. The first kappa shape index (κ1) is 15.0. The van der Waals surface area contributed by atoms with E-state index in [9.17, 15) is 13.2 Å². The molecule has 6 heteroatoms. The fourth-order valence-electron chi connectivity index (χ4n) is 1.50. The molecule has 0 radical (unpaired) electrons. The smallest absolute Gasteiger partial charge is 0.390 e. The van der Waals surface area contributed by atoms with Crippen LogP contribution in [0.5, 0.6) is 0 Å². The van der Waals surface area contributed by atoms with Crippen molar-refractivity contribution in [2.75, 3.05) is 20.1 Å².